The van der Waals surface area contributed by atoms with Gasteiger partial charge in [-0.1, -0.05) is 36.9 Å². The Morgan fingerprint density at radius 3 is 2.56 bits per heavy atom. The van der Waals surface area contributed by atoms with E-state index in [1.54, 1.807) is 19.1 Å². The number of fused-ring (bicyclic) bond motifs is 2. The van der Waals surface area contributed by atoms with Gasteiger partial charge in [0.15, 0.2) is 0 Å². The van der Waals surface area contributed by atoms with E-state index in [1.807, 2.05) is 23.1 Å². The fourth-order valence-electron chi connectivity index (χ4n) is 5.37. The molecule has 1 aliphatic heterocycles. The van der Waals surface area contributed by atoms with Crippen molar-refractivity contribution in [3.63, 3.8) is 0 Å². The van der Waals surface area contributed by atoms with Crippen LogP contribution in [0.3, 0.4) is 0 Å². The summed E-state index contributed by atoms with van der Waals surface area (Å²) in [5.74, 6) is -3.76. The molecule has 2 aromatic carbocycles. The molecule has 0 radical (unpaired) electrons. The number of nitrogens with one attached hydrogen (secondary N) is 2. The monoisotopic (exact) mass is 609 g/mol. The van der Waals surface area contributed by atoms with Crippen LogP contribution in [0.4, 0.5) is 0 Å². The number of aromatic nitrogens is 3. The average Bonchev–Trinajstić information content (AvgIpc) is 3.43. The first kappa shape index (κ1) is 29.0. The Morgan fingerprint density at radius 2 is 1.84 bits per heavy atom. The van der Waals surface area contributed by atoms with Gasteiger partial charge in [-0.2, -0.15) is 0 Å². The van der Waals surface area contributed by atoms with Crippen molar-refractivity contribution < 1.29 is 28.8 Å². The van der Waals surface area contributed by atoms with Crippen LogP contribution in [0, 0.1) is 0 Å². The number of hydrogen-bond acceptors (Lipinski definition) is 10. The summed E-state index contributed by atoms with van der Waals surface area (Å²) in [6.07, 6.45) is 0.723. The fraction of sp³-hybridized carbons (Fsp3) is 0.194. The van der Waals surface area contributed by atoms with Crippen molar-refractivity contribution in [3.8, 4) is 0 Å². The van der Waals surface area contributed by atoms with E-state index in [2.05, 4.69) is 27.4 Å². The molecule has 2 aliphatic rings. The maximum Gasteiger partial charge on any atom is 0.448 e. The minimum atomic E-state index is -1.07. The SMILES string of the molecule is C=C1C(=O)C(N2CCc3ccc(CNC(=O)c4cc(C(=O)N[C@@H](C)c5ccc(C(=O)O)cc5)nc5noc(=O)n45)cc3C2)=C1N. The molecule has 0 fully saturated rings. The lowest BCUT2D eigenvalue weighted by atomic mass is 9.89. The second-order valence-electron chi connectivity index (χ2n) is 10.8. The maximum absolute atomic E-state index is 13.3. The molecule has 0 saturated heterocycles. The summed E-state index contributed by atoms with van der Waals surface area (Å²) in [6.45, 7) is 6.61. The van der Waals surface area contributed by atoms with Crippen molar-refractivity contribution in [1.29, 1.82) is 0 Å². The number of carbonyl (C=O) groups is 4. The number of hydrogen-bond donors (Lipinski definition) is 4. The third-order valence-electron chi connectivity index (χ3n) is 7.91. The molecule has 228 valence electrons. The first-order valence-electron chi connectivity index (χ1n) is 13.9. The Balaban J connectivity index is 1.18. The first-order chi connectivity index (χ1) is 21.5. The van der Waals surface area contributed by atoms with Crippen LogP contribution in [-0.4, -0.2) is 54.7 Å². The number of rotatable bonds is 8. The van der Waals surface area contributed by atoms with Crippen molar-refractivity contribution >= 4 is 29.3 Å². The normalized spacial score (nSPS) is 15.0. The summed E-state index contributed by atoms with van der Waals surface area (Å²) in [7, 11) is 0. The van der Waals surface area contributed by atoms with Gasteiger partial charge in [-0.05, 0) is 59.0 Å². The van der Waals surface area contributed by atoms with E-state index in [9.17, 15) is 24.0 Å². The summed E-state index contributed by atoms with van der Waals surface area (Å²) in [5, 5.41) is 18.2. The third-order valence-corrected chi connectivity index (χ3v) is 7.91. The average molecular weight is 610 g/mol. The lowest BCUT2D eigenvalue weighted by molar-refractivity contribution is -0.115. The second-order valence-corrected chi connectivity index (χ2v) is 10.8. The van der Waals surface area contributed by atoms with E-state index < -0.39 is 29.6 Å². The lowest BCUT2D eigenvalue weighted by Crippen LogP contribution is -2.41. The Labute approximate surface area is 254 Å². The molecule has 0 bridgehead atoms. The maximum atomic E-state index is 13.3. The van der Waals surface area contributed by atoms with Gasteiger partial charge in [0.2, 0.25) is 5.78 Å². The molecule has 0 saturated carbocycles. The zero-order chi connectivity index (χ0) is 32.0. The van der Waals surface area contributed by atoms with Gasteiger partial charge in [-0.15, -0.1) is 0 Å². The zero-order valence-electron chi connectivity index (χ0n) is 24.0. The van der Waals surface area contributed by atoms with Gasteiger partial charge in [0, 0.05) is 25.2 Å². The number of ketones is 1. The van der Waals surface area contributed by atoms with Gasteiger partial charge in [0.1, 0.15) is 17.1 Å². The Bertz CT molecular complexity index is 2020. The van der Waals surface area contributed by atoms with Gasteiger partial charge in [-0.3, -0.25) is 18.9 Å². The van der Waals surface area contributed by atoms with Gasteiger partial charge < -0.3 is 26.4 Å². The van der Waals surface area contributed by atoms with Crippen molar-refractivity contribution in [1.82, 2.24) is 30.1 Å². The lowest BCUT2D eigenvalue weighted by Gasteiger charge is -2.37. The third kappa shape index (κ3) is 5.33. The highest BCUT2D eigenvalue weighted by atomic mass is 16.5. The van der Waals surface area contributed by atoms with E-state index in [-0.39, 0.29) is 35.1 Å². The van der Waals surface area contributed by atoms with E-state index in [4.69, 9.17) is 15.4 Å². The molecule has 1 atom stereocenters. The molecule has 2 amide bonds. The number of nitrogens with two attached hydrogens (primary N) is 1. The molecule has 5 N–H and O–H groups in total. The minimum absolute atomic E-state index is 0.0986. The molecule has 2 aromatic heterocycles. The Kier molecular flexibility index (Phi) is 7.24. The zero-order valence-corrected chi connectivity index (χ0v) is 24.0. The highest BCUT2D eigenvalue weighted by Crippen LogP contribution is 2.32. The highest BCUT2D eigenvalue weighted by molar-refractivity contribution is 6.18. The van der Waals surface area contributed by atoms with Crippen molar-refractivity contribution in [3.05, 3.63) is 122 Å². The molecule has 14 heteroatoms. The largest absolute Gasteiger partial charge is 0.478 e. The standard InChI is InChI=1S/C31H27N7O7/c1-15-24(32)25(26(15)39)37-10-9-19-4-3-17(11-21(19)14-37)13-33-28(41)23-12-22(35-30-36-45-31(44)38(23)30)27(40)34-16(2)18-5-7-20(8-6-18)29(42)43/h3-8,11-12,16H,1,9-10,13-14,32H2,2H3,(H,33,41)(H,34,40)(H,42,43)/t16-/m0/s1. The highest BCUT2D eigenvalue weighted by Gasteiger charge is 2.35. The van der Waals surface area contributed by atoms with Crippen LogP contribution in [-0.2, 0) is 24.3 Å². The van der Waals surface area contributed by atoms with Gasteiger partial charge in [-0.25, -0.2) is 19.0 Å². The van der Waals surface area contributed by atoms with Crippen molar-refractivity contribution in [2.75, 3.05) is 6.54 Å². The van der Waals surface area contributed by atoms with Crippen LogP contribution in [0.1, 0.15) is 66.6 Å². The number of carbonyl (C=O) groups excluding carboxylic acids is 3. The smallest absolute Gasteiger partial charge is 0.448 e. The quantitative estimate of drug-likeness (QED) is 0.211. The molecule has 0 unspecified atom stereocenters. The molecular weight excluding hydrogens is 582 g/mol. The molecule has 6 rings (SSSR count). The predicted octanol–water partition coefficient (Wildman–Crippen LogP) is 1.47. The molecule has 14 nitrogen and oxygen atoms in total. The molecule has 3 heterocycles. The van der Waals surface area contributed by atoms with E-state index in [0.717, 1.165) is 27.5 Å². The van der Waals surface area contributed by atoms with Crippen LogP contribution < -0.4 is 22.1 Å². The Morgan fingerprint density at radius 1 is 1.09 bits per heavy atom. The molecule has 1 aliphatic carbocycles. The summed E-state index contributed by atoms with van der Waals surface area (Å²) in [6, 6.07) is 12.4. The van der Waals surface area contributed by atoms with E-state index >= 15 is 0 Å². The summed E-state index contributed by atoms with van der Waals surface area (Å²) >= 11 is 0. The topological polar surface area (TPSA) is 202 Å². The number of aromatic carboxylic acids is 1. The number of carboxylic acid groups (broad SMARTS) is 1. The molecule has 4 aromatic rings. The number of benzene rings is 2. The van der Waals surface area contributed by atoms with Gasteiger partial charge in [0.25, 0.3) is 17.6 Å². The predicted molar refractivity (Wildman–Crippen MR) is 158 cm³/mol. The summed E-state index contributed by atoms with van der Waals surface area (Å²) in [4.78, 5) is 68.2. The number of Topliss-reactive ketones (excluding diaryl/α,β-unsaturated/α-hetero) is 1. The fourth-order valence-corrected chi connectivity index (χ4v) is 5.37. The van der Waals surface area contributed by atoms with Gasteiger partial charge in [0.05, 0.1) is 17.3 Å². The number of nitrogens with zero attached hydrogens (tertiary/aromatic N) is 4. The Hall–Kier alpha value is -6.05. The molecule has 0 spiro atoms. The number of carboxylic acids is 1. The van der Waals surface area contributed by atoms with Gasteiger partial charge >= 0.3 is 11.7 Å². The minimum Gasteiger partial charge on any atom is -0.478 e. The van der Waals surface area contributed by atoms with Crippen molar-refractivity contribution in [2.45, 2.75) is 32.5 Å². The van der Waals surface area contributed by atoms with Crippen LogP contribution in [0.15, 0.2) is 81.4 Å². The first-order valence-corrected chi connectivity index (χ1v) is 13.9. The van der Waals surface area contributed by atoms with Crippen LogP contribution in [0.2, 0.25) is 0 Å². The second kappa shape index (κ2) is 11.2. The molecule has 45 heavy (non-hydrogen) atoms. The van der Waals surface area contributed by atoms with E-state index in [0.29, 0.717) is 35.6 Å². The summed E-state index contributed by atoms with van der Waals surface area (Å²) in [5.41, 5.74) is 10.5. The number of amides is 2. The molecular formula is C31H27N7O7. The van der Waals surface area contributed by atoms with Crippen LogP contribution in [0.25, 0.3) is 5.78 Å². The van der Waals surface area contributed by atoms with Crippen LogP contribution in [0.5, 0.6) is 0 Å². The number of allylic oxidation sites excluding steroid dienone is 2. The van der Waals surface area contributed by atoms with Crippen molar-refractivity contribution in [2.24, 2.45) is 5.73 Å². The van der Waals surface area contributed by atoms with Crippen LogP contribution >= 0.6 is 0 Å². The van der Waals surface area contributed by atoms with E-state index in [1.165, 1.54) is 18.2 Å². The summed E-state index contributed by atoms with van der Waals surface area (Å²) < 4.78 is 5.57.